The van der Waals surface area contributed by atoms with Crippen LogP contribution in [0.25, 0.3) is 0 Å². The molecule has 1 aromatic rings. The average Bonchev–Trinajstić information content (AvgIpc) is 3.17. The van der Waals surface area contributed by atoms with E-state index >= 15 is 0 Å². The summed E-state index contributed by atoms with van der Waals surface area (Å²) in [5.41, 5.74) is 4.05. The Kier molecular flexibility index (Phi) is 5.76. The molecule has 0 spiro atoms. The van der Waals surface area contributed by atoms with Gasteiger partial charge in [0.05, 0.1) is 5.69 Å². The first kappa shape index (κ1) is 14.9. The van der Waals surface area contributed by atoms with Gasteiger partial charge in [0, 0.05) is 18.3 Å². The number of nitrogens with one attached hydrogen (secondary N) is 1. The Morgan fingerprint density at radius 3 is 2.84 bits per heavy atom. The summed E-state index contributed by atoms with van der Waals surface area (Å²) in [6, 6.07) is 0.807. The van der Waals surface area contributed by atoms with Crippen LogP contribution in [0, 0.1) is 13.8 Å². The van der Waals surface area contributed by atoms with Gasteiger partial charge < -0.3 is 5.32 Å². The van der Waals surface area contributed by atoms with Gasteiger partial charge in [0.2, 0.25) is 0 Å². The van der Waals surface area contributed by atoms with Crippen molar-refractivity contribution >= 4 is 11.8 Å². The second-order valence-corrected chi connectivity index (χ2v) is 6.80. The zero-order chi connectivity index (χ0) is 13.7. The lowest BCUT2D eigenvalue weighted by atomic mass is 10.1. The Balaban J connectivity index is 1.82. The summed E-state index contributed by atoms with van der Waals surface area (Å²) in [6.45, 7) is 8.76. The van der Waals surface area contributed by atoms with Gasteiger partial charge in [-0.25, -0.2) is 0 Å². The second kappa shape index (κ2) is 7.34. The highest BCUT2D eigenvalue weighted by Crippen LogP contribution is 2.19. The lowest BCUT2D eigenvalue weighted by molar-refractivity contribution is 0.585. The zero-order valence-electron chi connectivity index (χ0n) is 12.5. The van der Waals surface area contributed by atoms with Gasteiger partial charge in [-0.05, 0) is 63.1 Å². The molecule has 0 bridgehead atoms. The molecule has 1 saturated carbocycles. The van der Waals surface area contributed by atoms with Crippen LogP contribution >= 0.6 is 11.8 Å². The highest BCUT2D eigenvalue weighted by atomic mass is 32.2. The van der Waals surface area contributed by atoms with E-state index in [1.807, 2.05) is 11.8 Å². The summed E-state index contributed by atoms with van der Waals surface area (Å²) in [5.74, 6) is 2.46. The van der Waals surface area contributed by atoms with Crippen LogP contribution in [0.1, 0.15) is 43.1 Å². The Labute approximate surface area is 121 Å². The van der Waals surface area contributed by atoms with Gasteiger partial charge in [-0.15, -0.1) is 0 Å². The molecule has 108 valence electrons. The van der Waals surface area contributed by atoms with Crippen molar-refractivity contribution in [2.24, 2.45) is 0 Å². The van der Waals surface area contributed by atoms with E-state index < -0.39 is 0 Å². The third-order valence-corrected chi connectivity index (χ3v) is 4.77. The van der Waals surface area contributed by atoms with Crippen LogP contribution in [0.4, 0.5) is 0 Å². The van der Waals surface area contributed by atoms with Gasteiger partial charge in [0.25, 0.3) is 0 Å². The molecule has 0 atom stereocenters. The molecule has 4 heteroatoms. The number of nitrogens with zero attached hydrogens (tertiary/aromatic N) is 2. The Hall–Kier alpha value is -0.480. The first-order chi connectivity index (χ1) is 9.22. The third kappa shape index (κ3) is 4.53. The quantitative estimate of drug-likeness (QED) is 0.706. The molecule has 1 fully saturated rings. The number of thioether (sulfide) groups is 1. The minimum atomic E-state index is 0.807. The van der Waals surface area contributed by atoms with Gasteiger partial charge in [0.1, 0.15) is 0 Å². The van der Waals surface area contributed by atoms with E-state index in [-0.39, 0.29) is 0 Å². The molecular formula is C15H27N3S. The van der Waals surface area contributed by atoms with Gasteiger partial charge in [-0.2, -0.15) is 16.9 Å². The van der Waals surface area contributed by atoms with Gasteiger partial charge >= 0.3 is 0 Å². The summed E-state index contributed by atoms with van der Waals surface area (Å²) in [6.07, 6.45) is 5.08. The lowest BCUT2D eigenvalue weighted by Gasteiger charge is -2.06. The Morgan fingerprint density at radius 1 is 1.37 bits per heavy atom. The maximum atomic E-state index is 4.70. The Bertz CT molecular complexity index is 396. The number of aromatic nitrogens is 2. The van der Waals surface area contributed by atoms with Crippen molar-refractivity contribution in [3.8, 4) is 0 Å². The van der Waals surface area contributed by atoms with Crippen LogP contribution in [-0.4, -0.2) is 33.9 Å². The number of hydrogen-bond acceptors (Lipinski definition) is 3. The van der Waals surface area contributed by atoms with Crippen LogP contribution in [0.5, 0.6) is 0 Å². The molecule has 0 aliphatic heterocycles. The van der Waals surface area contributed by atoms with Crippen LogP contribution in [-0.2, 0) is 13.0 Å². The average molecular weight is 281 g/mol. The number of hydrogen-bond donors (Lipinski definition) is 1. The SMILES string of the molecule is CCSCCCn1nc(C)c(CCNC2CC2)c1C. The molecule has 0 aromatic carbocycles. The van der Waals surface area contributed by atoms with Gasteiger partial charge in [-0.3, -0.25) is 4.68 Å². The van der Waals surface area contributed by atoms with E-state index in [2.05, 4.69) is 30.8 Å². The van der Waals surface area contributed by atoms with E-state index in [9.17, 15) is 0 Å². The molecule has 1 aromatic heterocycles. The molecular weight excluding hydrogens is 254 g/mol. The van der Waals surface area contributed by atoms with Crippen molar-refractivity contribution in [2.45, 2.75) is 59.0 Å². The van der Waals surface area contributed by atoms with Crippen LogP contribution in [0.2, 0.25) is 0 Å². The standard InChI is InChI=1S/C15H27N3S/c1-4-19-11-5-10-18-13(3)15(12(2)17-18)8-9-16-14-6-7-14/h14,16H,4-11H2,1-3H3. The normalized spacial score (nSPS) is 15.1. The largest absolute Gasteiger partial charge is 0.314 e. The highest BCUT2D eigenvalue weighted by molar-refractivity contribution is 7.99. The summed E-state index contributed by atoms with van der Waals surface area (Å²) < 4.78 is 2.21. The molecule has 19 heavy (non-hydrogen) atoms. The molecule has 1 aliphatic carbocycles. The van der Waals surface area contributed by atoms with Crippen LogP contribution in [0.15, 0.2) is 0 Å². The number of rotatable bonds is 9. The molecule has 0 amide bonds. The molecule has 0 saturated heterocycles. The maximum absolute atomic E-state index is 4.70. The maximum Gasteiger partial charge on any atom is 0.0628 e. The molecule has 1 aliphatic rings. The monoisotopic (exact) mass is 281 g/mol. The summed E-state index contributed by atoms with van der Waals surface area (Å²) in [7, 11) is 0. The van der Waals surface area contributed by atoms with Crippen LogP contribution < -0.4 is 5.32 Å². The number of aryl methyl sites for hydroxylation is 2. The fourth-order valence-corrected chi connectivity index (χ4v) is 3.08. The molecule has 2 rings (SSSR count). The van der Waals surface area contributed by atoms with Gasteiger partial charge in [-0.1, -0.05) is 6.92 Å². The van der Waals surface area contributed by atoms with Crippen molar-refractivity contribution < 1.29 is 0 Å². The van der Waals surface area contributed by atoms with Gasteiger partial charge in [0.15, 0.2) is 0 Å². The molecule has 0 radical (unpaired) electrons. The van der Waals surface area contributed by atoms with E-state index in [1.165, 1.54) is 47.7 Å². The zero-order valence-corrected chi connectivity index (χ0v) is 13.4. The minimum absolute atomic E-state index is 0.807. The molecule has 1 heterocycles. The summed E-state index contributed by atoms with van der Waals surface area (Å²) >= 11 is 2.02. The van der Waals surface area contributed by atoms with Crippen molar-refractivity contribution in [1.29, 1.82) is 0 Å². The first-order valence-corrected chi connectivity index (χ1v) is 8.71. The Morgan fingerprint density at radius 2 is 2.16 bits per heavy atom. The highest BCUT2D eigenvalue weighted by Gasteiger charge is 2.20. The first-order valence-electron chi connectivity index (χ1n) is 7.56. The second-order valence-electron chi connectivity index (χ2n) is 5.40. The topological polar surface area (TPSA) is 29.9 Å². The van der Waals surface area contributed by atoms with E-state index in [0.29, 0.717) is 0 Å². The smallest absolute Gasteiger partial charge is 0.0628 e. The van der Waals surface area contributed by atoms with Crippen LogP contribution in [0.3, 0.4) is 0 Å². The fraction of sp³-hybridized carbons (Fsp3) is 0.800. The lowest BCUT2D eigenvalue weighted by Crippen LogP contribution is -2.19. The van der Waals surface area contributed by atoms with Crippen molar-refractivity contribution in [2.75, 3.05) is 18.1 Å². The van der Waals surface area contributed by atoms with Crippen molar-refractivity contribution in [3.05, 3.63) is 17.0 Å². The van der Waals surface area contributed by atoms with E-state index in [4.69, 9.17) is 5.10 Å². The molecule has 0 unspecified atom stereocenters. The van der Waals surface area contributed by atoms with Crippen molar-refractivity contribution in [1.82, 2.24) is 15.1 Å². The van der Waals surface area contributed by atoms with Crippen molar-refractivity contribution in [3.63, 3.8) is 0 Å². The fourth-order valence-electron chi connectivity index (χ4n) is 2.46. The molecule has 3 nitrogen and oxygen atoms in total. The third-order valence-electron chi connectivity index (χ3n) is 3.78. The predicted octanol–water partition coefficient (Wildman–Crippen LogP) is 2.94. The molecule has 1 N–H and O–H groups in total. The van der Waals surface area contributed by atoms with E-state index in [0.717, 1.165) is 25.6 Å². The minimum Gasteiger partial charge on any atom is -0.314 e. The summed E-state index contributed by atoms with van der Waals surface area (Å²) in [4.78, 5) is 0. The van der Waals surface area contributed by atoms with E-state index in [1.54, 1.807) is 0 Å². The predicted molar refractivity (Wildman–Crippen MR) is 84.0 cm³/mol. The summed E-state index contributed by atoms with van der Waals surface area (Å²) in [5, 5.41) is 8.29.